The summed E-state index contributed by atoms with van der Waals surface area (Å²) in [6.07, 6.45) is 4.32. The molecular weight excluding hydrogens is 242 g/mol. The predicted molar refractivity (Wildman–Crippen MR) is 71.5 cm³/mol. The number of aromatic nitrogens is 3. The Morgan fingerprint density at radius 3 is 2.84 bits per heavy atom. The van der Waals surface area contributed by atoms with Crippen molar-refractivity contribution >= 4 is 0 Å². The van der Waals surface area contributed by atoms with E-state index in [2.05, 4.69) is 22.0 Å². The van der Waals surface area contributed by atoms with Gasteiger partial charge in [0.05, 0.1) is 12.5 Å². The molecule has 1 unspecified atom stereocenters. The predicted octanol–water partition coefficient (Wildman–Crippen LogP) is 2.25. The molecule has 2 heterocycles. The zero-order valence-electron chi connectivity index (χ0n) is 11.5. The maximum Gasteiger partial charge on any atom is 0.229 e. The fourth-order valence-electron chi connectivity index (χ4n) is 1.79. The third-order valence-corrected chi connectivity index (χ3v) is 3.15. The zero-order valence-corrected chi connectivity index (χ0v) is 11.5. The number of hydrogen-bond donors (Lipinski definition) is 1. The molecule has 2 aromatic heterocycles. The van der Waals surface area contributed by atoms with Gasteiger partial charge in [-0.2, -0.15) is 4.98 Å². The number of aliphatic hydroxyl groups excluding tert-OH is 1. The summed E-state index contributed by atoms with van der Waals surface area (Å²) in [6.45, 7) is 5.98. The maximum atomic E-state index is 9.82. The molecule has 102 valence electrons. The normalized spacial score (nSPS) is 12.9. The molecule has 19 heavy (non-hydrogen) atoms. The monoisotopic (exact) mass is 261 g/mol. The molecule has 0 radical (unpaired) electrons. The molecule has 0 aliphatic carbocycles. The van der Waals surface area contributed by atoms with E-state index < -0.39 is 6.10 Å². The molecule has 0 aromatic carbocycles. The Kier molecular flexibility index (Phi) is 4.27. The first kappa shape index (κ1) is 13.7. The largest absolute Gasteiger partial charge is 0.392 e. The average molecular weight is 261 g/mol. The zero-order chi connectivity index (χ0) is 13.8. The number of hydrogen-bond acceptors (Lipinski definition) is 5. The molecule has 0 fully saturated rings. The highest BCUT2D eigenvalue weighted by molar-refractivity contribution is 5.58. The summed E-state index contributed by atoms with van der Waals surface area (Å²) < 4.78 is 5.20. The number of pyridine rings is 1. The van der Waals surface area contributed by atoms with Crippen LogP contribution in [0, 0.1) is 5.92 Å². The Morgan fingerprint density at radius 2 is 2.16 bits per heavy atom. The van der Waals surface area contributed by atoms with Crippen LogP contribution < -0.4 is 0 Å². The van der Waals surface area contributed by atoms with Crippen molar-refractivity contribution in [1.82, 2.24) is 15.1 Å². The highest BCUT2D eigenvalue weighted by Crippen LogP contribution is 2.21. The molecule has 0 amide bonds. The van der Waals surface area contributed by atoms with Gasteiger partial charge in [-0.25, -0.2) is 0 Å². The van der Waals surface area contributed by atoms with E-state index in [1.165, 1.54) is 0 Å². The first-order valence-electron chi connectivity index (χ1n) is 6.55. The van der Waals surface area contributed by atoms with Crippen LogP contribution >= 0.6 is 0 Å². The van der Waals surface area contributed by atoms with E-state index in [9.17, 15) is 5.11 Å². The molecule has 0 saturated carbocycles. The van der Waals surface area contributed by atoms with Crippen molar-refractivity contribution in [3.63, 3.8) is 0 Å². The summed E-state index contributed by atoms with van der Waals surface area (Å²) in [6, 6.07) is 1.88. The molecule has 2 aromatic rings. The molecule has 0 spiro atoms. The fourth-order valence-corrected chi connectivity index (χ4v) is 1.79. The van der Waals surface area contributed by atoms with Crippen LogP contribution in [0.5, 0.6) is 0 Å². The number of nitrogens with zero attached hydrogens (tertiary/aromatic N) is 3. The smallest absolute Gasteiger partial charge is 0.229 e. The van der Waals surface area contributed by atoms with E-state index >= 15 is 0 Å². The Bertz CT molecular complexity index is 537. The topological polar surface area (TPSA) is 72.0 Å². The lowest BCUT2D eigenvalue weighted by Gasteiger charge is -2.10. The van der Waals surface area contributed by atoms with Gasteiger partial charge in [-0.1, -0.05) is 25.9 Å². The molecule has 1 N–H and O–H groups in total. The van der Waals surface area contributed by atoms with Gasteiger partial charge >= 0.3 is 0 Å². The van der Waals surface area contributed by atoms with E-state index in [0.29, 0.717) is 18.1 Å². The summed E-state index contributed by atoms with van der Waals surface area (Å²) in [5.74, 6) is 1.20. The van der Waals surface area contributed by atoms with Gasteiger partial charge in [0.2, 0.25) is 11.7 Å². The van der Waals surface area contributed by atoms with Crippen LogP contribution in [-0.2, 0) is 12.8 Å². The number of aliphatic hydroxyl groups is 1. The lowest BCUT2D eigenvalue weighted by atomic mass is 10.0. The van der Waals surface area contributed by atoms with Crippen LogP contribution in [0.25, 0.3) is 11.4 Å². The van der Waals surface area contributed by atoms with Gasteiger partial charge < -0.3 is 9.63 Å². The van der Waals surface area contributed by atoms with Crippen molar-refractivity contribution in [3.05, 3.63) is 29.9 Å². The number of aryl methyl sites for hydroxylation is 1. The number of rotatable bonds is 5. The molecule has 5 nitrogen and oxygen atoms in total. The van der Waals surface area contributed by atoms with Crippen molar-refractivity contribution < 1.29 is 9.63 Å². The van der Waals surface area contributed by atoms with Crippen molar-refractivity contribution in [2.45, 2.75) is 39.7 Å². The summed E-state index contributed by atoms with van der Waals surface area (Å²) in [4.78, 5) is 8.44. The van der Waals surface area contributed by atoms with Gasteiger partial charge in [-0.05, 0) is 24.0 Å². The average Bonchev–Trinajstić information content (AvgIpc) is 2.86. The van der Waals surface area contributed by atoms with Crippen LogP contribution in [0.3, 0.4) is 0 Å². The van der Waals surface area contributed by atoms with E-state index in [0.717, 1.165) is 17.5 Å². The highest BCUT2D eigenvalue weighted by Gasteiger charge is 2.16. The maximum absolute atomic E-state index is 9.82. The van der Waals surface area contributed by atoms with Gasteiger partial charge in [0.15, 0.2) is 0 Å². The van der Waals surface area contributed by atoms with E-state index in [4.69, 9.17) is 4.52 Å². The highest BCUT2D eigenvalue weighted by atomic mass is 16.5. The second-order valence-electron chi connectivity index (χ2n) is 4.91. The fraction of sp³-hybridized carbons (Fsp3) is 0.500. The second-order valence-corrected chi connectivity index (χ2v) is 4.91. The minimum Gasteiger partial charge on any atom is -0.392 e. The van der Waals surface area contributed by atoms with E-state index in [-0.39, 0.29) is 5.92 Å². The van der Waals surface area contributed by atoms with Crippen LogP contribution in [0.1, 0.15) is 32.2 Å². The van der Waals surface area contributed by atoms with Crippen LogP contribution in [0.15, 0.2) is 23.0 Å². The van der Waals surface area contributed by atoms with Crippen LogP contribution in [-0.4, -0.2) is 26.3 Å². The van der Waals surface area contributed by atoms with Gasteiger partial charge in [0.25, 0.3) is 0 Å². The summed E-state index contributed by atoms with van der Waals surface area (Å²) in [5, 5.41) is 13.8. The van der Waals surface area contributed by atoms with Crippen molar-refractivity contribution in [2.24, 2.45) is 5.92 Å². The van der Waals surface area contributed by atoms with Crippen LogP contribution in [0.2, 0.25) is 0 Å². The lowest BCUT2D eigenvalue weighted by molar-refractivity contribution is 0.116. The lowest BCUT2D eigenvalue weighted by Crippen LogP contribution is -2.17. The molecule has 1 atom stereocenters. The quantitative estimate of drug-likeness (QED) is 0.893. The van der Waals surface area contributed by atoms with Crippen LogP contribution in [0.4, 0.5) is 0 Å². The minimum absolute atomic E-state index is 0.169. The molecule has 2 rings (SSSR count). The molecule has 0 bridgehead atoms. The Balaban J connectivity index is 2.21. The van der Waals surface area contributed by atoms with Gasteiger partial charge in [-0.3, -0.25) is 4.98 Å². The third-order valence-electron chi connectivity index (χ3n) is 3.15. The Hall–Kier alpha value is -1.75. The Labute approximate surface area is 112 Å². The van der Waals surface area contributed by atoms with Crippen molar-refractivity contribution in [1.29, 1.82) is 0 Å². The molecular formula is C14H19N3O2. The summed E-state index contributed by atoms with van der Waals surface area (Å²) in [5.41, 5.74) is 2.02. The van der Waals surface area contributed by atoms with Crippen molar-refractivity contribution in [2.75, 3.05) is 0 Å². The van der Waals surface area contributed by atoms with Crippen molar-refractivity contribution in [3.8, 4) is 11.4 Å². The first-order valence-corrected chi connectivity index (χ1v) is 6.55. The Morgan fingerprint density at radius 1 is 1.37 bits per heavy atom. The standard InChI is InChI=1S/C14H19N3O2/c1-4-10-8-15-6-5-11(10)14-16-13(19-17-14)7-12(18)9(2)3/h5-6,8-9,12,18H,4,7H2,1-3H3. The molecule has 5 heteroatoms. The van der Waals surface area contributed by atoms with Gasteiger partial charge in [0.1, 0.15) is 0 Å². The molecule has 0 aliphatic rings. The van der Waals surface area contributed by atoms with Gasteiger partial charge in [-0.15, -0.1) is 0 Å². The first-order chi connectivity index (χ1) is 9.11. The van der Waals surface area contributed by atoms with E-state index in [1.54, 1.807) is 6.20 Å². The molecule has 0 aliphatic heterocycles. The summed E-state index contributed by atoms with van der Waals surface area (Å²) >= 11 is 0. The van der Waals surface area contributed by atoms with Gasteiger partial charge in [0, 0.05) is 18.0 Å². The molecule has 0 saturated heterocycles. The second kappa shape index (κ2) is 5.93. The third kappa shape index (κ3) is 3.17. The summed E-state index contributed by atoms with van der Waals surface area (Å²) in [7, 11) is 0. The van der Waals surface area contributed by atoms with E-state index in [1.807, 2.05) is 26.1 Å². The SMILES string of the molecule is CCc1cnccc1-c1noc(CC(O)C(C)C)n1. The minimum atomic E-state index is -0.462.